The van der Waals surface area contributed by atoms with E-state index in [-0.39, 0.29) is 23.5 Å². The maximum Gasteiger partial charge on any atom is 0.152 e. The number of rotatable bonds is 4. The van der Waals surface area contributed by atoms with Gasteiger partial charge in [-0.1, -0.05) is 6.07 Å². The minimum atomic E-state index is -0.474. The number of para-hydroxylation sites is 1. The van der Waals surface area contributed by atoms with Crippen molar-refractivity contribution in [2.24, 2.45) is 10.7 Å². The molecule has 1 fully saturated rings. The average molecular weight is 287 g/mol. The summed E-state index contributed by atoms with van der Waals surface area (Å²) in [5.41, 5.74) is 5.66. The topological polar surface area (TPSA) is 56.8 Å². The summed E-state index contributed by atoms with van der Waals surface area (Å²) in [6.45, 7) is 1.31. The SMILES string of the molecule is NC(CCl)=Nc1c(F)cccc1OC1CCOCC1. The molecule has 2 N–H and O–H groups in total. The fourth-order valence-electron chi connectivity index (χ4n) is 1.85. The molecule has 0 radical (unpaired) electrons. The average Bonchev–Trinajstić information content (AvgIpc) is 2.43. The van der Waals surface area contributed by atoms with Crippen molar-refractivity contribution in [2.45, 2.75) is 18.9 Å². The number of nitrogens with two attached hydrogens (primary N) is 1. The van der Waals surface area contributed by atoms with E-state index in [0.717, 1.165) is 12.8 Å². The number of halogens is 2. The van der Waals surface area contributed by atoms with Crippen LogP contribution in [0.4, 0.5) is 10.1 Å². The van der Waals surface area contributed by atoms with Gasteiger partial charge in [0.2, 0.25) is 0 Å². The smallest absolute Gasteiger partial charge is 0.152 e. The molecule has 2 rings (SSSR count). The summed E-state index contributed by atoms with van der Waals surface area (Å²) in [5.74, 6) is 0.117. The molecule has 0 aromatic heterocycles. The molecule has 1 aromatic carbocycles. The molecular weight excluding hydrogens is 271 g/mol. The lowest BCUT2D eigenvalue weighted by Gasteiger charge is -2.24. The Hall–Kier alpha value is -1.33. The first-order valence-corrected chi connectivity index (χ1v) is 6.66. The fraction of sp³-hybridized carbons (Fsp3) is 0.462. The molecule has 0 spiro atoms. The highest BCUT2D eigenvalue weighted by atomic mass is 35.5. The number of hydrogen-bond donors (Lipinski definition) is 1. The molecule has 0 aliphatic carbocycles. The lowest BCUT2D eigenvalue weighted by molar-refractivity contribution is 0.0257. The molecule has 0 amide bonds. The Balaban J connectivity index is 2.21. The van der Waals surface area contributed by atoms with Crippen LogP contribution >= 0.6 is 11.6 Å². The van der Waals surface area contributed by atoms with Crippen LogP contribution in [0.15, 0.2) is 23.2 Å². The van der Waals surface area contributed by atoms with Gasteiger partial charge in [0, 0.05) is 12.8 Å². The highest BCUT2D eigenvalue weighted by Gasteiger charge is 2.18. The second kappa shape index (κ2) is 6.73. The molecule has 1 heterocycles. The van der Waals surface area contributed by atoms with Crippen molar-refractivity contribution in [1.82, 2.24) is 0 Å². The Labute approximate surface area is 116 Å². The summed E-state index contributed by atoms with van der Waals surface area (Å²) in [7, 11) is 0. The highest BCUT2D eigenvalue weighted by molar-refractivity contribution is 6.28. The van der Waals surface area contributed by atoms with Gasteiger partial charge in [-0.05, 0) is 12.1 Å². The fourth-order valence-corrected chi connectivity index (χ4v) is 1.91. The van der Waals surface area contributed by atoms with E-state index >= 15 is 0 Å². The molecule has 1 saturated heterocycles. The third kappa shape index (κ3) is 3.81. The molecule has 1 aliphatic heterocycles. The zero-order valence-corrected chi connectivity index (χ0v) is 11.2. The van der Waals surface area contributed by atoms with Crippen molar-refractivity contribution in [3.05, 3.63) is 24.0 Å². The number of nitrogens with zero attached hydrogens (tertiary/aromatic N) is 1. The zero-order chi connectivity index (χ0) is 13.7. The van der Waals surface area contributed by atoms with E-state index in [2.05, 4.69) is 4.99 Å². The van der Waals surface area contributed by atoms with E-state index in [1.165, 1.54) is 6.07 Å². The van der Waals surface area contributed by atoms with E-state index < -0.39 is 5.82 Å². The molecule has 6 heteroatoms. The van der Waals surface area contributed by atoms with Gasteiger partial charge in [-0.25, -0.2) is 9.38 Å². The quantitative estimate of drug-likeness (QED) is 0.526. The Kier molecular flexibility index (Phi) is 4.99. The first-order chi connectivity index (χ1) is 9.20. The molecule has 4 nitrogen and oxygen atoms in total. The third-order valence-corrected chi connectivity index (χ3v) is 3.08. The Morgan fingerprint density at radius 1 is 1.47 bits per heavy atom. The van der Waals surface area contributed by atoms with Crippen LogP contribution in [0.1, 0.15) is 12.8 Å². The normalized spacial score (nSPS) is 17.5. The maximum atomic E-state index is 13.8. The number of ether oxygens (including phenoxy) is 2. The second-order valence-corrected chi connectivity index (χ2v) is 4.52. The first kappa shape index (κ1) is 14.1. The number of benzene rings is 1. The van der Waals surface area contributed by atoms with Crippen molar-refractivity contribution in [3.63, 3.8) is 0 Å². The van der Waals surface area contributed by atoms with Crippen LogP contribution in [0.25, 0.3) is 0 Å². The third-order valence-electron chi connectivity index (χ3n) is 2.80. The molecule has 1 aromatic rings. The van der Waals surface area contributed by atoms with Gasteiger partial charge in [0.1, 0.15) is 23.4 Å². The van der Waals surface area contributed by atoms with Gasteiger partial charge in [0.25, 0.3) is 0 Å². The van der Waals surface area contributed by atoms with E-state index in [9.17, 15) is 4.39 Å². The second-order valence-electron chi connectivity index (χ2n) is 4.25. The van der Waals surface area contributed by atoms with E-state index in [1.54, 1.807) is 12.1 Å². The highest BCUT2D eigenvalue weighted by Crippen LogP contribution is 2.32. The summed E-state index contributed by atoms with van der Waals surface area (Å²) < 4.78 is 24.8. The van der Waals surface area contributed by atoms with Crippen LogP contribution in [-0.4, -0.2) is 31.0 Å². The number of aliphatic imine (C=N–C) groups is 1. The molecule has 0 unspecified atom stereocenters. The van der Waals surface area contributed by atoms with Gasteiger partial charge >= 0.3 is 0 Å². The molecule has 0 atom stereocenters. The molecule has 104 valence electrons. The molecule has 0 bridgehead atoms. The summed E-state index contributed by atoms with van der Waals surface area (Å²) in [4.78, 5) is 3.97. The van der Waals surface area contributed by atoms with Crippen LogP contribution in [0.5, 0.6) is 5.75 Å². The van der Waals surface area contributed by atoms with Gasteiger partial charge in [-0.15, -0.1) is 11.6 Å². The summed E-state index contributed by atoms with van der Waals surface area (Å²) in [6.07, 6.45) is 1.58. The summed E-state index contributed by atoms with van der Waals surface area (Å²) in [6, 6.07) is 4.58. The van der Waals surface area contributed by atoms with Crippen molar-refractivity contribution in [1.29, 1.82) is 0 Å². The predicted octanol–water partition coefficient (Wildman–Crippen LogP) is 2.61. The van der Waals surface area contributed by atoms with Gasteiger partial charge in [0.15, 0.2) is 5.82 Å². The van der Waals surface area contributed by atoms with Crippen LogP contribution in [0.3, 0.4) is 0 Å². The minimum Gasteiger partial charge on any atom is -0.488 e. The maximum absolute atomic E-state index is 13.8. The Bertz CT molecular complexity index is 462. The van der Waals surface area contributed by atoms with Gasteiger partial charge in [-0.2, -0.15) is 0 Å². The lowest BCUT2D eigenvalue weighted by Crippen LogP contribution is -2.26. The molecule has 1 aliphatic rings. The molecule has 19 heavy (non-hydrogen) atoms. The first-order valence-electron chi connectivity index (χ1n) is 6.12. The van der Waals surface area contributed by atoms with E-state index in [1.807, 2.05) is 0 Å². The van der Waals surface area contributed by atoms with Crippen molar-refractivity contribution in [3.8, 4) is 5.75 Å². The standard InChI is InChI=1S/C13H16ClFN2O2/c14-8-12(16)17-13-10(15)2-1-3-11(13)19-9-4-6-18-7-5-9/h1-3,9H,4-8H2,(H2,16,17). The van der Waals surface area contributed by atoms with Crippen molar-refractivity contribution < 1.29 is 13.9 Å². The Morgan fingerprint density at radius 3 is 2.89 bits per heavy atom. The molecule has 0 saturated carbocycles. The van der Waals surface area contributed by atoms with E-state index in [4.69, 9.17) is 26.8 Å². The van der Waals surface area contributed by atoms with Crippen LogP contribution in [0.2, 0.25) is 0 Å². The number of hydrogen-bond acceptors (Lipinski definition) is 3. The van der Waals surface area contributed by atoms with Crippen molar-refractivity contribution in [2.75, 3.05) is 19.1 Å². The Morgan fingerprint density at radius 2 is 2.21 bits per heavy atom. The number of amidine groups is 1. The molecular formula is C13H16ClFN2O2. The minimum absolute atomic E-state index is 0.0155. The summed E-state index contributed by atoms with van der Waals surface area (Å²) >= 11 is 5.56. The van der Waals surface area contributed by atoms with Crippen LogP contribution in [0, 0.1) is 5.82 Å². The summed E-state index contributed by atoms with van der Waals surface area (Å²) in [5, 5.41) is 0. The van der Waals surface area contributed by atoms with Gasteiger partial charge < -0.3 is 15.2 Å². The van der Waals surface area contributed by atoms with Gasteiger partial charge in [0.05, 0.1) is 19.1 Å². The monoisotopic (exact) mass is 286 g/mol. The predicted molar refractivity (Wildman–Crippen MR) is 72.9 cm³/mol. The number of alkyl halides is 1. The van der Waals surface area contributed by atoms with E-state index in [0.29, 0.717) is 19.0 Å². The largest absolute Gasteiger partial charge is 0.488 e. The lowest BCUT2D eigenvalue weighted by atomic mass is 10.1. The van der Waals surface area contributed by atoms with Crippen LogP contribution in [-0.2, 0) is 4.74 Å². The van der Waals surface area contributed by atoms with Crippen molar-refractivity contribution >= 4 is 23.1 Å². The van der Waals surface area contributed by atoms with Gasteiger partial charge in [-0.3, -0.25) is 0 Å². The zero-order valence-electron chi connectivity index (χ0n) is 10.4. The van der Waals surface area contributed by atoms with Crippen LogP contribution < -0.4 is 10.5 Å².